The summed E-state index contributed by atoms with van der Waals surface area (Å²) < 4.78 is 7.44. The lowest BCUT2D eigenvalue weighted by molar-refractivity contribution is 0.111. The van der Waals surface area contributed by atoms with Crippen LogP contribution in [-0.2, 0) is 4.74 Å². The third-order valence-corrected chi connectivity index (χ3v) is 4.24. The van der Waals surface area contributed by atoms with Crippen LogP contribution >= 0.6 is 34.8 Å². The Kier molecular flexibility index (Phi) is 4.00. The van der Waals surface area contributed by atoms with Crippen molar-refractivity contribution in [2.75, 3.05) is 31.3 Å². The Bertz CT molecular complexity index is 635. The molecular weight excluding hydrogens is 321 g/mol. The summed E-state index contributed by atoms with van der Waals surface area (Å²) in [6.45, 7) is 4.88. The van der Waals surface area contributed by atoms with Gasteiger partial charge >= 0.3 is 0 Å². The van der Waals surface area contributed by atoms with Crippen LogP contribution in [0.1, 0.15) is 18.1 Å². The van der Waals surface area contributed by atoms with Gasteiger partial charge in [-0.3, -0.25) is 0 Å². The summed E-state index contributed by atoms with van der Waals surface area (Å²) in [6.07, 6.45) is 0. The van der Waals surface area contributed by atoms with E-state index in [9.17, 15) is 0 Å². The van der Waals surface area contributed by atoms with Crippen LogP contribution in [0.5, 0.6) is 0 Å². The van der Waals surface area contributed by atoms with Gasteiger partial charge in [0, 0.05) is 0 Å². The molecule has 2 heterocycles. The molecule has 0 saturated carbocycles. The summed E-state index contributed by atoms with van der Waals surface area (Å²) >= 11 is 18.5. The van der Waals surface area contributed by atoms with Crippen LogP contribution in [0.15, 0.2) is 12.1 Å². The highest BCUT2D eigenvalue weighted by atomic mass is 35.5. The van der Waals surface area contributed by atoms with Crippen LogP contribution in [-0.4, -0.2) is 36.0 Å². The third kappa shape index (κ3) is 2.46. The number of hydrogen-bond donors (Lipinski definition) is 0. The molecule has 1 aromatic carbocycles. The fraction of sp³-hybridized carbons (Fsp3) is 0.462. The minimum atomic E-state index is -0.206. The van der Waals surface area contributed by atoms with Gasteiger partial charge in [0.15, 0.2) is 0 Å². The Morgan fingerprint density at radius 2 is 1.85 bits per heavy atom. The van der Waals surface area contributed by atoms with Gasteiger partial charge in [0.1, 0.15) is 5.82 Å². The maximum Gasteiger partial charge on any atom is 0.146 e. The third-order valence-electron chi connectivity index (χ3n) is 3.32. The lowest BCUT2D eigenvalue weighted by Gasteiger charge is -2.31. The van der Waals surface area contributed by atoms with E-state index in [2.05, 4.69) is 9.99 Å². The first kappa shape index (κ1) is 14.3. The Balaban J connectivity index is 2.20. The van der Waals surface area contributed by atoms with Crippen molar-refractivity contribution in [3.63, 3.8) is 0 Å². The number of aromatic nitrogens is 2. The zero-order chi connectivity index (χ0) is 14.3. The molecule has 1 atom stereocenters. The topological polar surface area (TPSA) is 30.3 Å². The van der Waals surface area contributed by atoms with Crippen molar-refractivity contribution < 1.29 is 4.74 Å². The number of fused-ring (bicyclic) bond motifs is 1. The normalized spacial score (nSPS) is 17.7. The number of ether oxygens (including phenoxy) is 1. The molecule has 0 N–H and O–H groups in total. The van der Waals surface area contributed by atoms with E-state index in [1.807, 2.05) is 17.7 Å². The highest BCUT2D eigenvalue weighted by molar-refractivity contribution is 6.42. The second-order valence-electron chi connectivity index (χ2n) is 4.72. The van der Waals surface area contributed by atoms with Gasteiger partial charge in [-0.05, 0) is 19.1 Å². The van der Waals surface area contributed by atoms with Gasteiger partial charge in [0.25, 0.3) is 0 Å². The highest BCUT2D eigenvalue weighted by Gasteiger charge is 2.22. The Morgan fingerprint density at radius 1 is 1.20 bits per heavy atom. The van der Waals surface area contributed by atoms with Gasteiger partial charge in [-0.15, -0.1) is 11.6 Å². The zero-order valence-electron chi connectivity index (χ0n) is 10.9. The molecule has 108 valence electrons. The molecule has 0 radical (unpaired) electrons. The first-order chi connectivity index (χ1) is 9.58. The number of morpholine rings is 1. The Morgan fingerprint density at radius 3 is 2.50 bits per heavy atom. The van der Waals surface area contributed by atoms with Gasteiger partial charge in [-0.25, -0.2) is 9.66 Å². The average molecular weight is 335 g/mol. The molecule has 1 aliphatic heterocycles. The highest BCUT2D eigenvalue weighted by Crippen LogP contribution is 2.31. The van der Waals surface area contributed by atoms with Crippen molar-refractivity contribution in [2.45, 2.75) is 12.3 Å². The number of alkyl halides is 1. The fourth-order valence-electron chi connectivity index (χ4n) is 2.39. The maximum atomic E-state index is 6.27. The standard InChI is InChI=1S/C13H14Cl3N3O/c1-8(14)13-17-11-6-9(15)10(16)7-12(11)19(13)18-2-4-20-5-3-18/h6-8H,2-5H2,1H3. The number of hydrogen-bond acceptors (Lipinski definition) is 3. The molecule has 7 heteroatoms. The van der Waals surface area contributed by atoms with Gasteiger partial charge in [0.05, 0.1) is 52.8 Å². The van der Waals surface area contributed by atoms with Crippen molar-refractivity contribution in [1.29, 1.82) is 0 Å². The lowest BCUT2D eigenvalue weighted by atomic mass is 10.3. The predicted octanol–water partition coefficient (Wildman–Crippen LogP) is 3.61. The largest absolute Gasteiger partial charge is 0.378 e. The van der Waals surface area contributed by atoms with Crippen molar-refractivity contribution in [3.8, 4) is 0 Å². The molecule has 2 aromatic rings. The van der Waals surface area contributed by atoms with Crippen molar-refractivity contribution >= 4 is 45.8 Å². The molecule has 1 aliphatic rings. The molecule has 20 heavy (non-hydrogen) atoms. The van der Waals surface area contributed by atoms with Gasteiger partial charge in [-0.2, -0.15) is 0 Å². The average Bonchev–Trinajstić information content (AvgIpc) is 2.79. The summed E-state index contributed by atoms with van der Waals surface area (Å²) in [6, 6.07) is 3.61. The fourth-order valence-corrected chi connectivity index (χ4v) is 2.84. The summed E-state index contributed by atoms with van der Waals surface area (Å²) in [7, 11) is 0. The zero-order valence-corrected chi connectivity index (χ0v) is 13.2. The van der Waals surface area contributed by atoms with Gasteiger partial charge < -0.3 is 9.75 Å². The molecule has 1 saturated heterocycles. The van der Waals surface area contributed by atoms with E-state index in [0.29, 0.717) is 23.3 Å². The maximum absolute atomic E-state index is 6.27. The molecule has 1 fully saturated rings. The van der Waals surface area contributed by atoms with E-state index in [1.54, 1.807) is 6.07 Å². The van der Waals surface area contributed by atoms with Crippen molar-refractivity contribution in [2.24, 2.45) is 0 Å². The van der Waals surface area contributed by atoms with Crippen LogP contribution in [0, 0.1) is 0 Å². The van der Waals surface area contributed by atoms with Gasteiger partial charge in [-0.1, -0.05) is 23.2 Å². The molecule has 1 unspecified atom stereocenters. The SMILES string of the molecule is CC(Cl)c1nc2cc(Cl)c(Cl)cc2n1N1CCOCC1. The molecule has 0 spiro atoms. The molecule has 0 aliphatic carbocycles. The number of imidazole rings is 1. The van der Waals surface area contributed by atoms with E-state index >= 15 is 0 Å². The number of benzene rings is 1. The molecule has 3 rings (SSSR count). The number of halogens is 3. The van der Waals surface area contributed by atoms with Gasteiger partial charge in [0.2, 0.25) is 0 Å². The van der Waals surface area contributed by atoms with Crippen LogP contribution in [0.4, 0.5) is 0 Å². The van der Waals surface area contributed by atoms with E-state index in [4.69, 9.17) is 39.5 Å². The number of nitrogens with zero attached hydrogens (tertiary/aromatic N) is 3. The molecule has 0 bridgehead atoms. The van der Waals surface area contributed by atoms with Crippen LogP contribution in [0.2, 0.25) is 10.0 Å². The first-order valence-electron chi connectivity index (χ1n) is 6.42. The van der Waals surface area contributed by atoms with E-state index in [0.717, 1.165) is 29.9 Å². The van der Waals surface area contributed by atoms with E-state index in [1.165, 1.54) is 0 Å². The Hall–Kier alpha value is -0.680. The minimum Gasteiger partial charge on any atom is -0.378 e. The Labute approximate surface area is 132 Å². The van der Waals surface area contributed by atoms with Crippen LogP contribution < -0.4 is 5.01 Å². The molecule has 4 nitrogen and oxygen atoms in total. The second kappa shape index (κ2) is 5.60. The first-order valence-corrected chi connectivity index (χ1v) is 7.61. The molecule has 0 amide bonds. The lowest BCUT2D eigenvalue weighted by Crippen LogP contribution is -2.44. The quantitative estimate of drug-likeness (QED) is 0.786. The smallest absolute Gasteiger partial charge is 0.146 e. The summed E-state index contributed by atoms with van der Waals surface area (Å²) in [5.41, 5.74) is 1.72. The van der Waals surface area contributed by atoms with E-state index < -0.39 is 0 Å². The molecular formula is C13H14Cl3N3O. The summed E-state index contributed by atoms with van der Waals surface area (Å²) in [4.78, 5) is 4.59. The van der Waals surface area contributed by atoms with E-state index in [-0.39, 0.29) is 5.38 Å². The predicted molar refractivity (Wildman–Crippen MR) is 82.8 cm³/mol. The second-order valence-corrected chi connectivity index (χ2v) is 6.19. The monoisotopic (exact) mass is 333 g/mol. The summed E-state index contributed by atoms with van der Waals surface area (Å²) in [5.74, 6) is 0.793. The molecule has 1 aromatic heterocycles. The summed E-state index contributed by atoms with van der Waals surface area (Å²) in [5, 5.41) is 2.99. The van der Waals surface area contributed by atoms with Crippen LogP contribution in [0.3, 0.4) is 0 Å². The van der Waals surface area contributed by atoms with Crippen LogP contribution in [0.25, 0.3) is 11.0 Å². The van der Waals surface area contributed by atoms with Crippen molar-refractivity contribution in [3.05, 3.63) is 28.0 Å². The van der Waals surface area contributed by atoms with Crippen molar-refractivity contribution in [1.82, 2.24) is 9.66 Å². The number of rotatable bonds is 2. The minimum absolute atomic E-state index is 0.206.